The fourth-order valence-corrected chi connectivity index (χ4v) is 5.12. The first-order valence-corrected chi connectivity index (χ1v) is 11.3. The quantitative estimate of drug-likeness (QED) is 0.373. The van der Waals surface area contributed by atoms with E-state index in [1.807, 2.05) is 40.2 Å². The molecule has 0 radical (unpaired) electrons. The Hall–Kier alpha value is -3.84. The van der Waals surface area contributed by atoms with Crippen molar-refractivity contribution in [2.75, 3.05) is 0 Å². The predicted molar refractivity (Wildman–Crippen MR) is 126 cm³/mol. The fourth-order valence-electron chi connectivity index (χ4n) is 4.24. The number of benzene rings is 2. The molecule has 32 heavy (non-hydrogen) atoms. The van der Waals surface area contributed by atoms with E-state index in [1.165, 1.54) is 11.1 Å². The molecule has 0 spiro atoms. The Morgan fingerprint density at radius 1 is 0.844 bits per heavy atom. The van der Waals surface area contributed by atoms with Gasteiger partial charge in [-0.3, -0.25) is 4.40 Å². The molecule has 0 atom stereocenters. The molecule has 2 aromatic carbocycles. The first-order valence-electron chi connectivity index (χ1n) is 10.5. The topological polar surface area (TPSA) is 60.4 Å². The molecule has 0 amide bonds. The summed E-state index contributed by atoms with van der Waals surface area (Å²) in [6, 6.07) is 27.2. The third kappa shape index (κ3) is 3.18. The van der Waals surface area contributed by atoms with Crippen LogP contribution in [-0.2, 0) is 6.42 Å². The van der Waals surface area contributed by atoms with Crippen molar-refractivity contribution < 1.29 is 0 Å². The van der Waals surface area contributed by atoms with Crippen molar-refractivity contribution in [2.24, 2.45) is 0 Å². The van der Waals surface area contributed by atoms with Crippen LogP contribution in [0.15, 0.2) is 85.1 Å². The summed E-state index contributed by atoms with van der Waals surface area (Å²) in [7, 11) is 0. The number of aryl methyl sites for hydroxylation is 1. The monoisotopic (exact) mass is 436 g/mol. The second-order valence-electron chi connectivity index (χ2n) is 7.77. The maximum atomic E-state index is 4.94. The molecular weight excluding hydrogens is 416 g/mol. The lowest BCUT2D eigenvalue weighted by Gasteiger charge is -2.16. The molecule has 0 aliphatic rings. The van der Waals surface area contributed by atoms with E-state index in [1.54, 1.807) is 11.3 Å². The van der Waals surface area contributed by atoms with E-state index in [0.717, 1.165) is 39.2 Å². The normalized spacial score (nSPS) is 11.7. The minimum Gasteiger partial charge on any atom is -0.297 e. The van der Waals surface area contributed by atoms with Gasteiger partial charge in [-0.2, -0.15) is 9.61 Å². The van der Waals surface area contributed by atoms with Gasteiger partial charge in [0.25, 0.3) is 0 Å². The summed E-state index contributed by atoms with van der Waals surface area (Å²) in [5.41, 5.74) is 5.28. The van der Waals surface area contributed by atoms with E-state index >= 15 is 0 Å². The molecule has 6 aromatic rings. The standard InChI is InChI=1S/C25H20N6S/c1-17-23(30-15-9-8-14-21(30)26-17)24-27-28-25-31(24)29-22(32-25)16-20(18-10-4-2-5-11-18)19-12-6-3-7-13-19/h2-15,20H,16H2,1H3. The van der Waals surface area contributed by atoms with Crippen molar-refractivity contribution in [2.45, 2.75) is 19.3 Å². The second kappa shape index (κ2) is 7.69. The maximum absolute atomic E-state index is 4.94. The Morgan fingerprint density at radius 2 is 1.53 bits per heavy atom. The highest BCUT2D eigenvalue weighted by Crippen LogP contribution is 2.31. The minimum absolute atomic E-state index is 0.224. The van der Waals surface area contributed by atoms with E-state index < -0.39 is 0 Å². The average molecular weight is 437 g/mol. The van der Waals surface area contributed by atoms with Gasteiger partial charge in [-0.05, 0) is 30.2 Å². The number of rotatable bonds is 5. The molecule has 0 aliphatic heterocycles. The van der Waals surface area contributed by atoms with E-state index in [9.17, 15) is 0 Å². The average Bonchev–Trinajstić information content (AvgIpc) is 3.50. The predicted octanol–water partition coefficient (Wildman–Crippen LogP) is 5.18. The second-order valence-corrected chi connectivity index (χ2v) is 8.81. The van der Waals surface area contributed by atoms with Gasteiger partial charge >= 0.3 is 0 Å². The zero-order valence-corrected chi connectivity index (χ0v) is 18.3. The summed E-state index contributed by atoms with van der Waals surface area (Å²) in [4.78, 5) is 5.46. The van der Waals surface area contributed by atoms with Gasteiger partial charge in [0.05, 0.1) is 5.69 Å². The number of pyridine rings is 1. The molecule has 0 fully saturated rings. The van der Waals surface area contributed by atoms with Gasteiger partial charge in [0.2, 0.25) is 10.8 Å². The van der Waals surface area contributed by atoms with Crippen LogP contribution >= 0.6 is 11.3 Å². The van der Waals surface area contributed by atoms with Gasteiger partial charge in [-0.1, -0.05) is 78.1 Å². The molecule has 4 aromatic heterocycles. The van der Waals surface area contributed by atoms with Gasteiger partial charge in [-0.15, -0.1) is 10.2 Å². The fraction of sp³-hybridized carbons (Fsp3) is 0.120. The maximum Gasteiger partial charge on any atom is 0.235 e. The third-order valence-electron chi connectivity index (χ3n) is 5.73. The summed E-state index contributed by atoms with van der Waals surface area (Å²) < 4.78 is 3.90. The zero-order valence-electron chi connectivity index (χ0n) is 17.5. The van der Waals surface area contributed by atoms with Gasteiger partial charge in [0, 0.05) is 18.5 Å². The number of imidazole rings is 1. The van der Waals surface area contributed by atoms with E-state index in [4.69, 9.17) is 5.10 Å². The molecule has 6 rings (SSSR count). The van der Waals surface area contributed by atoms with E-state index in [2.05, 4.69) is 75.8 Å². The highest BCUT2D eigenvalue weighted by Gasteiger charge is 2.22. The van der Waals surface area contributed by atoms with Gasteiger partial charge < -0.3 is 0 Å². The molecule has 0 N–H and O–H groups in total. The Bertz CT molecular complexity index is 1470. The first-order chi connectivity index (χ1) is 15.8. The molecule has 0 saturated carbocycles. The Kier molecular flexibility index (Phi) is 4.54. The van der Waals surface area contributed by atoms with Crippen LogP contribution in [0.1, 0.15) is 27.7 Å². The lowest BCUT2D eigenvalue weighted by molar-refractivity contribution is 0.774. The first kappa shape index (κ1) is 18.9. The molecule has 0 unspecified atom stereocenters. The molecular formula is C25H20N6S. The van der Waals surface area contributed by atoms with Crippen LogP contribution in [0.4, 0.5) is 0 Å². The van der Waals surface area contributed by atoms with Crippen LogP contribution in [0.3, 0.4) is 0 Å². The van der Waals surface area contributed by atoms with Crippen molar-refractivity contribution in [3.63, 3.8) is 0 Å². The molecule has 0 saturated heterocycles. The molecule has 156 valence electrons. The summed E-state index contributed by atoms with van der Waals surface area (Å²) in [5, 5.41) is 14.8. The molecule has 0 aliphatic carbocycles. The van der Waals surface area contributed by atoms with Crippen molar-refractivity contribution in [1.29, 1.82) is 0 Å². The number of hydrogen-bond donors (Lipinski definition) is 0. The number of nitrogens with zero attached hydrogens (tertiary/aromatic N) is 6. The van der Waals surface area contributed by atoms with Crippen LogP contribution < -0.4 is 0 Å². The van der Waals surface area contributed by atoms with Gasteiger partial charge in [0.1, 0.15) is 16.3 Å². The smallest absolute Gasteiger partial charge is 0.235 e. The Labute approximate surface area is 188 Å². The minimum atomic E-state index is 0.224. The summed E-state index contributed by atoms with van der Waals surface area (Å²) in [5.74, 6) is 0.942. The molecule has 7 heteroatoms. The summed E-state index contributed by atoms with van der Waals surface area (Å²) >= 11 is 1.59. The number of hydrogen-bond acceptors (Lipinski definition) is 5. The van der Waals surface area contributed by atoms with Crippen LogP contribution in [0.2, 0.25) is 0 Å². The highest BCUT2D eigenvalue weighted by atomic mass is 32.1. The number of aromatic nitrogens is 6. The van der Waals surface area contributed by atoms with Crippen molar-refractivity contribution in [1.82, 2.24) is 29.2 Å². The van der Waals surface area contributed by atoms with E-state index in [0.29, 0.717) is 0 Å². The van der Waals surface area contributed by atoms with Crippen LogP contribution in [0.5, 0.6) is 0 Å². The van der Waals surface area contributed by atoms with Crippen LogP contribution in [0, 0.1) is 6.92 Å². The zero-order chi connectivity index (χ0) is 21.5. The van der Waals surface area contributed by atoms with Gasteiger partial charge in [0.15, 0.2) is 0 Å². The SMILES string of the molecule is Cc1nc2ccccn2c1-c1nnc2sc(CC(c3ccccc3)c3ccccc3)nn12. The van der Waals surface area contributed by atoms with E-state index in [-0.39, 0.29) is 5.92 Å². The molecule has 6 nitrogen and oxygen atoms in total. The molecule has 0 bridgehead atoms. The number of fused-ring (bicyclic) bond motifs is 2. The van der Waals surface area contributed by atoms with Crippen molar-refractivity contribution >= 4 is 21.9 Å². The van der Waals surface area contributed by atoms with Crippen molar-refractivity contribution in [3.05, 3.63) is 107 Å². The van der Waals surface area contributed by atoms with Crippen LogP contribution in [-0.4, -0.2) is 29.2 Å². The summed E-state index contributed by atoms with van der Waals surface area (Å²) in [6.45, 7) is 2.00. The van der Waals surface area contributed by atoms with Crippen LogP contribution in [0.25, 0.3) is 22.1 Å². The summed E-state index contributed by atoms with van der Waals surface area (Å²) in [6.07, 6.45) is 2.80. The van der Waals surface area contributed by atoms with Gasteiger partial charge in [-0.25, -0.2) is 4.98 Å². The van der Waals surface area contributed by atoms with Crippen molar-refractivity contribution in [3.8, 4) is 11.5 Å². The Balaban J connectivity index is 1.43. The third-order valence-corrected chi connectivity index (χ3v) is 6.65. The largest absolute Gasteiger partial charge is 0.297 e. The molecule has 4 heterocycles. The Morgan fingerprint density at radius 3 is 2.25 bits per heavy atom. The lowest BCUT2D eigenvalue weighted by atomic mass is 9.89. The highest BCUT2D eigenvalue weighted by molar-refractivity contribution is 7.16. The lowest BCUT2D eigenvalue weighted by Crippen LogP contribution is -2.05.